The standard InChI is InChI=1S/C19H24F2N2/c1-14(2)23(3)13-17-6-4-5-15(9-17)11-22-12-16-7-8-18(20)19(21)10-16/h4-10,14,22H,11-13H2,1-3H3. The predicted octanol–water partition coefficient (Wildman–Crippen LogP) is 4.09. The molecule has 0 heterocycles. The molecule has 4 heteroatoms. The summed E-state index contributed by atoms with van der Waals surface area (Å²) in [5.74, 6) is -1.61. The molecule has 2 rings (SSSR count). The van der Waals surface area contributed by atoms with Crippen LogP contribution in [-0.2, 0) is 19.6 Å². The van der Waals surface area contributed by atoms with Gasteiger partial charge in [0.15, 0.2) is 11.6 Å². The Balaban J connectivity index is 1.89. The zero-order chi connectivity index (χ0) is 16.8. The quantitative estimate of drug-likeness (QED) is 0.827. The van der Waals surface area contributed by atoms with Gasteiger partial charge in [0, 0.05) is 25.7 Å². The van der Waals surface area contributed by atoms with Gasteiger partial charge in [-0.2, -0.15) is 0 Å². The predicted molar refractivity (Wildman–Crippen MR) is 89.9 cm³/mol. The molecule has 0 aromatic heterocycles. The summed E-state index contributed by atoms with van der Waals surface area (Å²) in [7, 11) is 2.11. The van der Waals surface area contributed by atoms with Gasteiger partial charge in [-0.1, -0.05) is 30.3 Å². The van der Waals surface area contributed by atoms with Crippen LogP contribution in [0, 0.1) is 11.6 Å². The highest BCUT2D eigenvalue weighted by atomic mass is 19.2. The van der Waals surface area contributed by atoms with Gasteiger partial charge in [-0.3, -0.25) is 4.90 Å². The van der Waals surface area contributed by atoms with E-state index in [2.05, 4.69) is 55.4 Å². The van der Waals surface area contributed by atoms with Gasteiger partial charge in [-0.15, -0.1) is 0 Å². The van der Waals surface area contributed by atoms with Crippen LogP contribution in [-0.4, -0.2) is 18.0 Å². The third-order valence-electron chi connectivity index (χ3n) is 3.95. The SMILES string of the molecule is CC(C)N(C)Cc1cccc(CNCc2ccc(F)c(F)c2)c1. The topological polar surface area (TPSA) is 15.3 Å². The Morgan fingerprint density at radius 3 is 2.22 bits per heavy atom. The number of hydrogen-bond donors (Lipinski definition) is 1. The van der Waals surface area contributed by atoms with Crippen LogP contribution in [0.3, 0.4) is 0 Å². The largest absolute Gasteiger partial charge is 0.309 e. The number of nitrogens with one attached hydrogen (secondary N) is 1. The summed E-state index contributed by atoms with van der Waals surface area (Å²) in [6.07, 6.45) is 0. The smallest absolute Gasteiger partial charge is 0.159 e. The Labute approximate surface area is 137 Å². The van der Waals surface area contributed by atoms with Crippen molar-refractivity contribution in [3.63, 3.8) is 0 Å². The van der Waals surface area contributed by atoms with E-state index < -0.39 is 11.6 Å². The summed E-state index contributed by atoms with van der Waals surface area (Å²) in [4.78, 5) is 2.29. The fraction of sp³-hybridized carbons (Fsp3) is 0.368. The minimum atomic E-state index is -0.810. The lowest BCUT2D eigenvalue weighted by atomic mass is 10.1. The first kappa shape index (κ1) is 17.6. The Morgan fingerprint density at radius 2 is 1.57 bits per heavy atom. The van der Waals surface area contributed by atoms with Gasteiger partial charge >= 0.3 is 0 Å². The first-order valence-electron chi connectivity index (χ1n) is 7.88. The van der Waals surface area contributed by atoms with Crippen LogP contribution in [0.4, 0.5) is 8.78 Å². The van der Waals surface area contributed by atoms with E-state index in [1.807, 2.05) is 0 Å². The molecule has 0 bridgehead atoms. The number of halogens is 2. The van der Waals surface area contributed by atoms with Gasteiger partial charge in [0.1, 0.15) is 0 Å². The molecule has 2 aromatic carbocycles. The Bertz CT molecular complexity index is 641. The summed E-state index contributed by atoms with van der Waals surface area (Å²) in [5, 5.41) is 3.27. The molecule has 2 aromatic rings. The van der Waals surface area contributed by atoms with Crippen LogP contribution in [0.5, 0.6) is 0 Å². The second-order valence-corrected chi connectivity index (χ2v) is 6.18. The Morgan fingerprint density at radius 1 is 0.913 bits per heavy atom. The summed E-state index contributed by atoms with van der Waals surface area (Å²) in [6.45, 7) is 6.46. The molecule has 124 valence electrons. The second-order valence-electron chi connectivity index (χ2n) is 6.18. The summed E-state index contributed by atoms with van der Waals surface area (Å²) >= 11 is 0. The van der Waals surface area contributed by atoms with Crippen LogP contribution in [0.2, 0.25) is 0 Å². The molecule has 0 saturated heterocycles. The molecule has 23 heavy (non-hydrogen) atoms. The minimum Gasteiger partial charge on any atom is -0.309 e. The van der Waals surface area contributed by atoms with E-state index in [-0.39, 0.29) is 0 Å². The molecule has 0 fully saturated rings. The van der Waals surface area contributed by atoms with Gasteiger partial charge < -0.3 is 5.32 Å². The summed E-state index contributed by atoms with van der Waals surface area (Å²) < 4.78 is 26.1. The van der Waals surface area contributed by atoms with Crippen molar-refractivity contribution in [3.8, 4) is 0 Å². The molecule has 0 aliphatic carbocycles. The van der Waals surface area contributed by atoms with Crippen molar-refractivity contribution in [3.05, 3.63) is 70.8 Å². The van der Waals surface area contributed by atoms with Crippen molar-refractivity contribution >= 4 is 0 Å². The molecule has 0 unspecified atom stereocenters. The van der Waals surface area contributed by atoms with Gasteiger partial charge in [0.2, 0.25) is 0 Å². The molecule has 0 aliphatic rings. The van der Waals surface area contributed by atoms with Crippen molar-refractivity contribution in [2.75, 3.05) is 7.05 Å². The maximum absolute atomic E-state index is 13.2. The van der Waals surface area contributed by atoms with E-state index in [4.69, 9.17) is 0 Å². The number of hydrogen-bond acceptors (Lipinski definition) is 2. The third kappa shape index (κ3) is 5.41. The molecule has 1 N–H and O–H groups in total. The van der Waals surface area contributed by atoms with E-state index in [1.54, 1.807) is 6.07 Å². The maximum atomic E-state index is 13.2. The maximum Gasteiger partial charge on any atom is 0.159 e. The first-order chi connectivity index (χ1) is 11.0. The van der Waals surface area contributed by atoms with E-state index in [9.17, 15) is 8.78 Å². The van der Waals surface area contributed by atoms with Crippen LogP contribution in [0.15, 0.2) is 42.5 Å². The fourth-order valence-corrected chi connectivity index (χ4v) is 2.31. The molecule has 2 nitrogen and oxygen atoms in total. The van der Waals surface area contributed by atoms with E-state index >= 15 is 0 Å². The van der Waals surface area contributed by atoms with E-state index in [1.165, 1.54) is 17.2 Å². The number of benzene rings is 2. The normalized spacial score (nSPS) is 11.4. The average molecular weight is 318 g/mol. The second kappa shape index (κ2) is 8.18. The van der Waals surface area contributed by atoms with Crippen molar-refractivity contribution in [2.45, 2.75) is 39.5 Å². The molecular weight excluding hydrogens is 294 g/mol. The van der Waals surface area contributed by atoms with Gasteiger partial charge in [-0.25, -0.2) is 8.78 Å². The average Bonchev–Trinajstić information content (AvgIpc) is 2.51. The van der Waals surface area contributed by atoms with Gasteiger partial charge in [0.05, 0.1) is 0 Å². The molecular formula is C19H24F2N2. The van der Waals surface area contributed by atoms with Crippen LogP contribution in [0.25, 0.3) is 0 Å². The minimum absolute atomic E-state index is 0.505. The van der Waals surface area contributed by atoms with Crippen molar-refractivity contribution in [1.82, 2.24) is 10.2 Å². The van der Waals surface area contributed by atoms with Crippen LogP contribution >= 0.6 is 0 Å². The van der Waals surface area contributed by atoms with Crippen molar-refractivity contribution in [2.24, 2.45) is 0 Å². The zero-order valence-corrected chi connectivity index (χ0v) is 13.9. The highest BCUT2D eigenvalue weighted by Crippen LogP contribution is 2.11. The Kier molecular flexibility index (Phi) is 6.25. The Hall–Kier alpha value is -1.78. The van der Waals surface area contributed by atoms with E-state index in [0.29, 0.717) is 19.1 Å². The van der Waals surface area contributed by atoms with Crippen LogP contribution < -0.4 is 5.32 Å². The first-order valence-corrected chi connectivity index (χ1v) is 7.88. The molecule has 0 aliphatic heterocycles. The van der Waals surface area contributed by atoms with Crippen molar-refractivity contribution < 1.29 is 8.78 Å². The fourth-order valence-electron chi connectivity index (χ4n) is 2.31. The highest BCUT2D eigenvalue weighted by Gasteiger charge is 2.05. The molecule has 0 amide bonds. The molecule has 0 atom stereocenters. The lowest BCUT2D eigenvalue weighted by Crippen LogP contribution is -2.25. The lowest BCUT2D eigenvalue weighted by molar-refractivity contribution is 0.266. The molecule has 0 radical (unpaired) electrons. The highest BCUT2D eigenvalue weighted by molar-refractivity contribution is 5.24. The number of nitrogens with zero attached hydrogens (tertiary/aromatic N) is 1. The monoisotopic (exact) mass is 318 g/mol. The van der Waals surface area contributed by atoms with Crippen LogP contribution in [0.1, 0.15) is 30.5 Å². The van der Waals surface area contributed by atoms with E-state index in [0.717, 1.165) is 18.2 Å². The van der Waals surface area contributed by atoms with Crippen molar-refractivity contribution in [1.29, 1.82) is 0 Å². The number of rotatable bonds is 7. The zero-order valence-electron chi connectivity index (χ0n) is 13.9. The summed E-state index contributed by atoms with van der Waals surface area (Å²) in [5.41, 5.74) is 3.19. The van der Waals surface area contributed by atoms with Gasteiger partial charge in [-0.05, 0) is 49.7 Å². The third-order valence-corrected chi connectivity index (χ3v) is 3.95. The lowest BCUT2D eigenvalue weighted by Gasteiger charge is -2.21. The van der Waals surface area contributed by atoms with Gasteiger partial charge in [0.25, 0.3) is 0 Å². The molecule has 0 spiro atoms. The summed E-state index contributed by atoms with van der Waals surface area (Å²) in [6, 6.07) is 12.9. The molecule has 0 saturated carbocycles.